The van der Waals surface area contributed by atoms with Crippen LogP contribution in [0.15, 0.2) is 12.3 Å². The third-order valence-electron chi connectivity index (χ3n) is 3.35. The predicted octanol–water partition coefficient (Wildman–Crippen LogP) is 3.61. The number of nitrogens with zero attached hydrogens (tertiary/aromatic N) is 4. The molecule has 0 amide bonds. The summed E-state index contributed by atoms with van der Waals surface area (Å²) in [5.74, 6) is 2.13. The summed E-state index contributed by atoms with van der Waals surface area (Å²) in [6.45, 7) is 3.75. The van der Waals surface area contributed by atoms with Gasteiger partial charge in [-0.3, -0.25) is 0 Å². The molecule has 0 aromatic carbocycles. The molecule has 152 valence electrons. The highest BCUT2D eigenvalue weighted by Crippen LogP contribution is 2.26. The Morgan fingerprint density at radius 1 is 1.29 bits per heavy atom. The molecule has 1 atom stereocenters. The lowest BCUT2D eigenvalue weighted by Gasteiger charge is -2.07. The Morgan fingerprint density at radius 2 is 2.11 bits per heavy atom. The summed E-state index contributed by atoms with van der Waals surface area (Å²) in [5.41, 5.74) is 1.34. The lowest BCUT2D eigenvalue weighted by atomic mass is 10.4. The van der Waals surface area contributed by atoms with E-state index < -0.39 is 8.00 Å². The average molecular weight is 430 g/mol. The minimum Gasteiger partial charge on any atom is -0.316 e. The molecule has 0 aliphatic carbocycles. The third-order valence-corrected chi connectivity index (χ3v) is 4.81. The average Bonchev–Trinajstić information content (AvgIpc) is 3.02. The highest BCUT2D eigenvalue weighted by atomic mass is 35.5. The molecule has 9 nitrogen and oxygen atoms in total. The van der Waals surface area contributed by atoms with E-state index >= 15 is 0 Å². The van der Waals surface area contributed by atoms with Gasteiger partial charge in [-0.1, -0.05) is 18.5 Å². The standard InChI is InChI=1S/C17H23ClN4O5P/c1-3-7-24-25-12-16-21-15-10-14(18)11-20-17(15)22(16)6-9-27-28(13-23-2)26-8-4-5-19/h10-11,13H,3-4,6-9,12H2,1-2H3/q+1. The Kier molecular flexibility index (Phi) is 10.3. The minimum atomic E-state index is -1.36. The fourth-order valence-corrected chi connectivity index (χ4v) is 3.26. The van der Waals surface area contributed by atoms with E-state index in [9.17, 15) is 0 Å². The Morgan fingerprint density at radius 3 is 2.86 bits per heavy atom. The van der Waals surface area contributed by atoms with Crippen molar-refractivity contribution in [3.63, 3.8) is 0 Å². The van der Waals surface area contributed by atoms with Crippen LogP contribution >= 0.6 is 19.6 Å². The van der Waals surface area contributed by atoms with Crippen molar-refractivity contribution in [1.82, 2.24) is 14.5 Å². The molecule has 1 unspecified atom stereocenters. The van der Waals surface area contributed by atoms with Crippen LogP contribution in [0.1, 0.15) is 25.6 Å². The molecule has 0 aliphatic rings. The zero-order valence-corrected chi connectivity index (χ0v) is 17.5. The summed E-state index contributed by atoms with van der Waals surface area (Å²) >= 11 is 6.02. The number of aromatic nitrogens is 3. The SMILES string of the molecule is CCCOOCc1nc2cc(Cl)cnc2n1CCO[P+](=COC)OCCC#N. The molecular weight excluding hydrogens is 407 g/mol. The number of methoxy groups -OCH3 is 1. The monoisotopic (exact) mass is 429 g/mol. The number of fused-ring (bicyclic) bond motifs is 1. The minimum absolute atomic E-state index is 0.172. The summed E-state index contributed by atoms with van der Waals surface area (Å²) in [6, 6.07) is 3.77. The van der Waals surface area contributed by atoms with Gasteiger partial charge in [0, 0.05) is 13.3 Å². The Hall–Kier alpha value is -1.63. The van der Waals surface area contributed by atoms with Crippen molar-refractivity contribution in [3.8, 4) is 6.07 Å². The van der Waals surface area contributed by atoms with Gasteiger partial charge in [0.1, 0.15) is 31.2 Å². The summed E-state index contributed by atoms with van der Waals surface area (Å²) in [6.07, 6.45) is 2.71. The molecule has 0 saturated carbocycles. The number of nitriles is 1. The predicted molar refractivity (Wildman–Crippen MR) is 106 cm³/mol. The largest absolute Gasteiger partial charge is 0.457 e. The number of halogens is 1. The van der Waals surface area contributed by atoms with Crippen molar-refractivity contribution in [2.75, 3.05) is 26.9 Å². The van der Waals surface area contributed by atoms with Gasteiger partial charge in [-0.2, -0.15) is 5.26 Å². The van der Waals surface area contributed by atoms with Crippen molar-refractivity contribution in [2.24, 2.45) is 0 Å². The fraction of sp³-hybridized carbons (Fsp3) is 0.529. The van der Waals surface area contributed by atoms with Gasteiger partial charge in [0.25, 0.3) is 5.98 Å². The second-order valence-corrected chi connectivity index (χ2v) is 7.20. The number of hydrogen-bond donors (Lipinski definition) is 0. The van der Waals surface area contributed by atoms with E-state index in [1.165, 1.54) is 13.1 Å². The number of pyridine rings is 1. The zero-order chi connectivity index (χ0) is 20.2. The lowest BCUT2D eigenvalue weighted by molar-refractivity contribution is -0.305. The van der Waals surface area contributed by atoms with Gasteiger partial charge < -0.3 is 9.30 Å². The van der Waals surface area contributed by atoms with Gasteiger partial charge in [-0.15, -0.1) is 9.05 Å². The maximum Gasteiger partial charge on any atom is 0.457 e. The molecule has 0 saturated heterocycles. The maximum atomic E-state index is 8.61. The van der Waals surface area contributed by atoms with Crippen LogP contribution in [0.25, 0.3) is 11.2 Å². The van der Waals surface area contributed by atoms with E-state index in [1.807, 2.05) is 17.6 Å². The fourth-order valence-electron chi connectivity index (χ4n) is 2.20. The summed E-state index contributed by atoms with van der Waals surface area (Å²) < 4.78 is 18.1. The van der Waals surface area contributed by atoms with Gasteiger partial charge in [0.2, 0.25) is 0 Å². The van der Waals surface area contributed by atoms with Gasteiger partial charge in [0.15, 0.2) is 5.65 Å². The maximum absolute atomic E-state index is 8.61. The first-order valence-electron chi connectivity index (χ1n) is 8.72. The van der Waals surface area contributed by atoms with Gasteiger partial charge >= 0.3 is 8.00 Å². The van der Waals surface area contributed by atoms with E-state index in [0.717, 1.165) is 6.42 Å². The van der Waals surface area contributed by atoms with Crippen LogP contribution in [0.4, 0.5) is 0 Å². The van der Waals surface area contributed by atoms with Crippen molar-refractivity contribution < 1.29 is 23.6 Å². The van der Waals surface area contributed by atoms with Gasteiger partial charge in [-0.25, -0.2) is 19.7 Å². The molecule has 0 N–H and O–H groups in total. The second-order valence-electron chi connectivity index (χ2n) is 5.46. The molecule has 28 heavy (non-hydrogen) atoms. The van der Waals surface area contributed by atoms with E-state index in [2.05, 4.69) is 9.97 Å². The molecule has 0 fully saturated rings. The number of hydrogen-bond acceptors (Lipinski definition) is 8. The van der Waals surface area contributed by atoms with Crippen LogP contribution in [0.3, 0.4) is 0 Å². The number of ether oxygens (including phenoxy) is 1. The van der Waals surface area contributed by atoms with Crippen LogP contribution in [-0.2, 0) is 36.7 Å². The molecule has 11 heteroatoms. The van der Waals surface area contributed by atoms with E-state index in [0.29, 0.717) is 41.8 Å². The first-order chi connectivity index (χ1) is 13.7. The Bertz CT molecular complexity index is 824. The van der Waals surface area contributed by atoms with E-state index in [4.69, 9.17) is 40.4 Å². The summed E-state index contributed by atoms with van der Waals surface area (Å²) in [7, 11) is 0.165. The molecule has 2 heterocycles. The summed E-state index contributed by atoms with van der Waals surface area (Å²) in [5, 5.41) is 9.12. The Labute approximate surface area is 169 Å². The first-order valence-corrected chi connectivity index (χ1v) is 10.3. The highest BCUT2D eigenvalue weighted by Gasteiger charge is 2.18. The second kappa shape index (κ2) is 12.8. The smallest absolute Gasteiger partial charge is 0.316 e. The lowest BCUT2D eigenvalue weighted by Crippen LogP contribution is -2.10. The molecule has 2 aromatic rings. The molecule has 2 aromatic heterocycles. The first kappa shape index (κ1) is 22.7. The van der Waals surface area contributed by atoms with Crippen molar-refractivity contribution >= 4 is 36.7 Å². The van der Waals surface area contributed by atoms with E-state index in [1.54, 1.807) is 12.3 Å². The number of imidazole rings is 1. The van der Waals surface area contributed by atoms with Crippen molar-refractivity contribution in [3.05, 3.63) is 23.1 Å². The molecule has 0 spiro atoms. The van der Waals surface area contributed by atoms with Crippen LogP contribution in [-0.4, -0.2) is 47.4 Å². The van der Waals surface area contributed by atoms with Crippen molar-refractivity contribution in [1.29, 1.82) is 5.26 Å². The highest BCUT2D eigenvalue weighted by molar-refractivity contribution is 7.46. The quantitative estimate of drug-likeness (QED) is 0.206. The molecule has 0 aliphatic heterocycles. The van der Waals surface area contributed by atoms with Gasteiger partial charge in [0.05, 0.1) is 30.7 Å². The zero-order valence-electron chi connectivity index (χ0n) is 15.8. The summed E-state index contributed by atoms with van der Waals surface area (Å²) in [4.78, 5) is 19.2. The number of rotatable bonds is 13. The van der Waals surface area contributed by atoms with Gasteiger partial charge in [-0.05, 0) is 12.5 Å². The third kappa shape index (κ3) is 7.08. The van der Waals surface area contributed by atoms with Crippen LogP contribution in [0.2, 0.25) is 5.02 Å². The normalized spacial score (nSPS) is 11.9. The van der Waals surface area contributed by atoms with Crippen LogP contribution in [0, 0.1) is 11.3 Å². The molecule has 0 bridgehead atoms. The molecule has 2 rings (SSSR count). The topological polar surface area (TPSA) is 101 Å². The van der Waals surface area contributed by atoms with Crippen LogP contribution < -0.4 is 0 Å². The van der Waals surface area contributed by atoms with E-state index in [-0.39, 0.29) is 19.6 Å². The van der Waals surface area contributed by atoms with Crippen molar-refractivity contribution in [2.45, 2.75) is 32.9 Å². The Balaban J connectivity index is 2.06. The molecular formula is C17H23ClN4O5P+. The molecule has 0 radical (unpaired) electrons. The van der Waals surface area contributed by atoms with Crippen LogP contribution in [0.5, 0.6) is 0 Å².